The van der Waals surface area contributed by atoms with Crippen molar-refractivity contribution in [3.05, 3.63) is 76.0 Å². The molecule has 0 fully saturated rings. The van der Waals surface area contributed by atoms with Crippen molar-refractivity contribution in [3.8, 4) is 0 Å². The van der Waals surface area contributed by atoms with Gasteiger partial charge in [0.05, 0.1) is 10.7 Å². The number of benzene rings is 2. The smallest absolute Gasteiger partial charge is 0.274 e. The molecule has 132 valence electrons. The highest BCUT2D eigenvalue weighted by atomic mass is 35.5. The maximum atomic E-state index is 13.3. The molecule has 0 saturated carbocycles. The Kier molecular flexibility index (Phi) is 5.29. The number of hydrogen-bond acceptors (Lipinski definition) is 4. The number of amides is 1. The summed E-state index contributed by atoms with van der Waals surface area (Å²) in [6, 6.07) is 9.28. The fourth-order valence-electron chi connectivity index (χ4n) is 2.03. The molecule has 5 nitrogen and oxygen atoms in total. The summed E-state index contributed by atoms with van der Waals surface area (Å²) >= 11 is 11.8. The van der Waals surface area contributed by atoms with E-state index in [1.54, 1.807) is 12.1 Å². The van der Waals surface area contributed by atoms with Gasteiger partial charge in [-0.05, 0) is 36.4 Å². The molecule has 2 N–H and O–H groups in total. The third kappa shape index (κ3) is 4.25. The predicted molar refractivity (Wildman–Crippen MR) is 96.1 cm³/mol. The van der Waals surface area contributed by atoms with Gasteiger partial charge in [-0.15, -0.1) is 0 Å². The van der Waals surface area contributed by atoms with Crippen LogP contribution in [-0.4, -0.2) is 15.9 Å². The molecule has 0 bridgehead atoms. The molecule has 0 aliphatic carbocycles. The van der Waals surface area contributed by atoms with Gasteiger partial charge in [0.2, 0.25) is 5.95 Å². The van der Waals surface area contributed by atoms with Crippen LogP contribution in [0.2, 0.25) is 10.0 Å². The van der Waals surface area contributed by atoms with Gasteiger partial charge in [-0.25, -0.2) is 18.7 Å². The molecule has 0 radical (unpaired) electrons. The molecule has 0 aliphatic heterocycles. The molecule has 0 atom stereocenters. The lowest BCUT2D eigenvalue weighted by Crippen LogP contribution is -2.15. The van der Waals surface area contributed by atoms with Crippen LogP contribution in [0.5, 0.6) is 0 Å². The molecule has 0 unspecified atom stereocenters. The molecular weight excluding hydrogens is 385 g/mol. The van der Waals surface area contributed by atoms with Gasteiger partial charge in [-0.1, -0.05) is 23.2 Å². The standard InChI is InChI=1S/C17H10Cl2F2N4O/c18-9-1-4-14(11(19)7-9)24-16(26)15-5-6-22-17(25-15)23-10-2-3-12(20)13(21)8-10/h1-8H,(H,24,26)(H,22,23,25). The van der Waals surface area contributed by atoms with Crippen molar-refractivity contribution in [3.63, 3.8) is 0 Å². The number of aromatic nitrogens is 2. The molecule has 9 heteroatoms. The molecule has 1 heterocycles. The topological polar surface area (TPSA) is 66.9 Å². The molecular formula is C17H10Cl2F2N4O. The zero-order valence-corrected chi connectivity index (χ0v) is 14.4. The minimum Gasteiger partial charge on any atom is -0.324 e. The average Bonchev–Trinajstić information content (AvgIpc) is 2.61. The van der Waals surface area contributed by atoms with Crippen LogP contribution in [0.3, 0.4) is 0 Å². The largest absolute Gasteiger partial charge is 0.324 e. The fraction of sp³-hybridized carbons (Fsp3) is 0. The van der Waals surface area contributed by atoms with E-state index >= 15 is 0 Å². The Morgan fingerprint density at radius 3 is 2.54 bits per heavy atom. The van der Waals surface area contributed by atoms with E-state index in [9.17, 15) is 13.6 Å². The lowest BCUT2D eigenvalue weighted by molar-refractivity contribution is 0.102. The van der Waals surface area contributed by atoms with Crippen LogP contribution in [0.15, 0.2) is 48.7 Å². The van der Waals surface area contributed by atoms with Gasteiger partial charge >= 0.3 is 0 Å². The molecule has 1 amide bonds. The van der Waals surface area contributed by atoms with Crippen molar-refractivity contribution in [2.45, 2.75) is 0 Å². The Morgan fingerprint density at radius 2 is 1.81 bits per heavy atom. The van der Waals surface area contributed by atoms with Crippen molar-refractivity contribution in [1.82, 2.24) is 9.97 Å². The quantitative estimate of drug-likeness (QED) is 0.648. The van der Waals surface area contributed by atoms with Crippen LogP contribution in [0.1, 0.15) is 10.5 Å². The van der Waals surface area contributed by atoms with Crippen LogP contribution in [0, 0.1) is 11.6 Å². The number of rotatable bonds is 4. The van der Waals surface area contributed by atoms with Gasteiger partial charge in [0.1, 0.15) is 5.69 Å². The summed E-state index contributed by atoms with van der Waals surface area (Å²) in [6.45, 7) is 0. The first kappa shape index (κ1) is 18.0. The van der Waals surface area contributed by atoms with E-state index in [2.05, 4.69) is 20.6 Å². The summed E-state index contributed by atoms with van der Waals surface area (Å²) in [4.78, 5) is 20.3. The summed E-state index contributed by atoms with van der Waals surface area (Å²) in [6.07, 6.45) is 1.35. The summed E-state index contributed by atoms with van der Waals surface area (Å²) in [5, 5.41) is 6.02. The Hall–Kier alpha value is -2.77. The normalized spacial score (nSPS) is 10.5. The number of hydrogen-bond donors (Lipinski definition) is 2. The Bertz CT molecular complexity index is 985. The summed E-state index contributed by atoms with van der Waals surface area (Å²) in [7, 11) is 0. The van der Waals surface area contributed by atoms with Crippen molar-refractivity contribution in [2.75, 3.05) is 10.6 Å². The van der Waals surface area contributed by atoms with Crippen molar-refractivity contribution in [1.29, 1.82) is 0 Å². The van der Waals surface area contributed by atoms with Gasteiger partial charge in [0, 0.05) is 23.0 Å². The SMILES string of the molecule is O=C(Nc1ccc(Cl)cc1Cl)c1ccnc(Nc2ccc(F)c(F)c2)n1. The number of halogens is 4. The third-order valence-corrected chi connectivity index (χ3v) is 3.79. The van der Waals surface area contributed by atoms with Crippen LogP contribution in [0.25, 0.3) is 0 Å². The number of carbonyl (C=O) groups excluding carboxylic acids is 1. The van der Waals surface area contributed by atoms with E-state index in [1.807, 2.05) is 0 Å². The molecule has 3 aromatic rings. The molecule has 26 heavy (non-hydrogen) atoms. The second kappa shape index (κ2) is 7.63. The van der Waals surface area contributed by atoms with E-state index in [-0.39, 0.29) is 22.4 Å². The predicted octanol–water partition coefficient (Wildman–Crippen LogP) is 5.06. The van der Waals surface area contributed by atoms with Gasteiger partial charge in [0.15, 0.2) is 11.6 Å². The van der Waals surface area contributed by atoms with Crippen LogP contribution < -0.4 is 10.6 Å². The van der Waals surface area contributed by atoms with Crippen molar-refractivity contribution >= 4 is 46.4 Å². The van der Waals surface area contributed by atoms with E-state index in [0.717, 1.165) is 12.1 Å². The lowest BCUT2D eigenvalue weighted by Gasteiger charge is -2.09. The van der Waals surface area contributed by atoms with Crippen LogP contribution >= 0.6 is 23.2 Å². The van der Waals surface area contributed by atoms with E-state index < -0.39 is 17.5 Å². The van der Waals surface area contributed by atoms with E-state index in [4.69, 9.17) is 23.2 Å². The highest BCUT2D eigenvalue weighted by Crippen LogP contribution is 2.25. The first-order valence-electron chi connectivity index (χ1n) is 7.24. The number of nitrogens with one attached hydrogen (secondary N) is 2. The zero-order chi connectivity index (χ0) is 18.7. The first-order chi connectivity index (χ1) is 12.4. The fourth-order valence-corrected chi connectivity index (χ4v) is 2.48. The first-order valence-corrected chi connectivity index (χ1v) is 7.99. The molecule has 3 rings (SSSR count). The summed E-state index contributed by atoms with van der Waals surface area (Å²) in [5.74, 6) is -2.46. The minimum atomic E-state index is -1.01. The van der Waals surface area contributed by atoms with Gasteiger partial charge in [-0.2, -0.15) is 0 Å². The van der Waals surface area contributed by atoms with Gasteiger partial charge in [0.25, 0.3) is 5.91 Å². The summed E-state index contributed by atoms with van der Waals surface area (Å²) < 4.78 is 26.2. The van der Waals surface area contributed by atoms with Gasteiger partial charge < -0.3 is 10.6 Å². The highest BCUT2D eigenvalue weighted by Gasteiger charge is 2.12. The van der Waals surface area contributed by atoms with Crippen LogP contribution in [0.4, 0.5) is 26.1 Å². The Morgan fingerprint density at radius 1 is 1.00 bits per heavy atom. The highest BCUT2D eigenvalue weighted by molar-refractivity contribution is 6.36. The van der Waals surface area contributed by atoms with Crippen LogP contribution in [-0.2, 0) is 0 Å². The van der Waals surface area contributed by atoms with Gasteiger partial charge in [-0.3, -0.25) is 4.79 Å². The second-order valence-electron chi connectivity index (χ2n) is 5.10. The molecule has 1 aromatic heterocycles. The average molecular weight is 395 g/mol. The number of nitrogens with zero attached hydrogens (tertiary/aromatic N) is 2. The molecule has 0 saturated heterocycles. The van der Waals surface area contributed by atoms with E-state index in [0.29, 0.717) is 10.7 Å². The molecule has 0 spiro atoms. The maximum Gasteiger partial charge on any atom is 0.274 e. The third-order valence-electron chi connectivity index (χ3n) is 3.24. The maximum absolute atomic E-state index is 13.3. The monoisotopic (exact) mass is 394 g/mol. The minimum absolute atomic E-state index is 0.0471. The molecule has 2 aromatic carbocycles. The van der Waals surface area contributed by atoms with Crippen molar-refractivity contribution in [2.24, 2.45) is 0 Å². The zero-order valence-electron chi connectivity index (χ0n) is 12.9. The number of anilines is 3. The summed E-state index contributed by atoms with van der Waals surface area (Å²) in [5.41, 5.74) is 0.660. The van der Waals surface area contributed by atoms with Crippen molar-refractivity contribution < 1.29 is 13.6 Å². The Labute approximate surface area is 157 Å². The Balaban J connectivity index is 1.77. The molecule has 0 aliphatic rings. The number of carbonyl (C=O) groups is 1. The second-order valence-corrected chi connectivity index (χ2v) is 5.94. The van der Waals surface area contributed by atoms with E-state index in [1.165, 1.54) is 24.4 Å². The lowest BCUT2D eigenvalue weighted by atomic mass is 10.3.